The first kappa shape index (κ1) is 21.3. The lowest BCUT2D eigenvalue weighted by molar-refractivity contribution is -0.192. The Kier molecular flexibility index (Phi) is 5.16. The lowest BCUT2D eigenvalue weighted by Crippen LogP contribution is -2.78. The minimum absolute atomic E-state index is 0.00817. The second-order valence-electron chi connectivity index (χ2n) is 9.65. The number of rotatable bonds is 6. The van der Waals surface area contributed by atoms with Crippen LogP contribution in [0.15, 0.2) is 42.5 Å². The largest absolute Gasteiger partial charge is 0.484 e. The molecule has 7 heteroatoms. The molecular weight excluding hydrogens is 431 g/mol. The summed E-state index contributed by atoms with van der Waals surface area (Å²) in [5.41, 5.74) is 1.94. The van der Waals surface area contributed by atoms with Crippen LogP contribution in [-0.4, -0.2) is 41.9 Å². The molecule has 0 spiro atoms. The molecule has 0 aromatic heterocycles. The smallest absolute Gasteiger partial charge is 0.258 e. The number of nitrogens with zero attached hydrogens (tertiary/aromatic N) is 1. The molecule has 2 amide bonds. The number of hydrogen-bond donors (Lipinski definition) is 1. The van der Waals surface area contributed by atoms with Gasteiger partial charge in [-0.2, -0.15) is 0 Å². The first-order valence-electron chi connectivity index (χ1n) is 11.0. The second kappa shape index (κ2) is 7.77. The Bertz CT molecular complexity index is 1050. The maximum Gasteiger partial charge on any atom is 0.258 e. The van der Waals surface area contributed by atoms with E-state index in [1.54, 1.807) is 0 Å². The molecule has 1 unspecified atom stereocenters. The van der Waals surface area contributed by atoms with Gasteiger partial charge in [-0.15, -0.1) is 0 Å². The lowest BCUT2D eigenvalue weighted by atomic mass is 9.39. The number of halogens is 2. The summed E-state index contributed by atoms with van der Waals surface area (Å²) in [5, 5.41) is 3.02. The predicted octanol–water partition coefficient (Wildman–Crippen LogP) is 4.22. The molecule has 1 saturated heterocycles. The summed E-state index contributed by atoms with van der Waals surface area (Å²) in [6, 6.07) is 12.7. The molecular formula is C25H26ClFN2O3. The van der Waals surface area contributed by atoms with E-state index >= 15 is 0 Å². The molecule has 2 aromatic rings. The topological polar surface area (TPSA) is 58.6 Å². The van der Waals surface area contributed by atoms with Gasteiger partial charge in [0.2, 0.25) is 5.91 Å². The van der Waals surface area contributed by atoms with Gasteiger partial charge in [0, 0.05) is 30.6 Å². The third-order valence-electron chi connectivity index (χ3n) is 7.17. The van der Waals surface area contributed by atoms with Crippen molar-refractivity contribution in [3.05, 3.63) is 64.4 Å². The Morgan fingerprint density at radius 2 is 1.91 bits per heavy atom. The van der Waals surface area contributed by atoms with Crippen LogP contribution in [0.5, 0.6) is 5.75 Å². The molecule has 1 heterocycles. The molecule has 2 bridgehead atoms. The van der Waals surface area contributed by atoms with Crippen molar-refractivity contribution >= 4 is 23.4 Å². The summed E-state index contributed by atoms with van der Waals surface area (Å²) >= 11 is 5.65. The van der Waals surface area contributed by atoms with Gasteiger partial charge in [0.15, 0.2) is 6.61 Å². The van der Waals surface area contributed by atoms with E-state index in [0.717, 1.165) is 25.6 Å². The van der Waals surface area contributed by atoms with Gasteiger partial charge in [0.05, 0.1) is 10.4 Å². The Balaban J connectivity index is 1.10. The minimum Gasteiger partial charge on any atom is -0.484 e. The van der Waals surface area contributed by atoms with E-state index in [1.807, 2.05) is 4.90 Å². The molecule has 2 aromatic carbocycles. The predicted molar refractivity (Wildman–Crippen MR) is 119 cm³/mol. The van der Waals surface area contributed by atoms with Crippen molar-refractivity contribution in [3.8, 4) is 5.75 Å². The molecule has 6 rings (SSSR count). The van der Waals surface area contributed by atoms with Crippen LogP contribution in [0, 0.1) is 18.2 Å². The van der Waals surface area contributed by atoms with Crippen molar-refractivity contribution < 1.29 is 18.7 Å². The number of amides is 2. The highest BCUT2D eigenvalue weighted by atomic mass is 35.5. The number of carbonyl (C=O) groups excluding carboxylic acids is 2. The van der Waals surface area contributed by atoms with Crippen LogP contribution in [0.25, 0.3) is 0 Å². The third-order valence-corrected chi connectivity index (χ3v) is 7.48. The SMILES string of the molecule is Cc1ccc(C2CCN(C(=O)C34CC(NC(=O)COc5ccc(Cl)c(F)c5)(C3)C4)C2)cc1. The number of hydrogen-bond acceptors (Lipinski definition) is 3. The van der Waals surface area contributed by atoms with E-state index in [1.165, 1.54) is 23.3 Å². The highest BCUT2D eigenvalue weighted by Crippen LogP contribution is 2.68. The zero-order valence-electron chi connectivity index (χ0n) is 18.0. The van der Waals surface area contributed by atoms with Gasteiger partial charge in [0.1, 0.15) is 11.6 Å². The molecule has 32 heavy (non-hydrogen) atoms. The van der Waals surface area contributed by atoms with Crippen molar-refractivity contribution in [2.45, 2.75) is 44.1 Å². The fourth-order valence-electron chi connectivity index (χ4n) is 5.59. The normalized spacial score (nSPS) is 28.0. The first-order valence-corrected chi connectivity index (χ1v) is 11.4. The zero-order chi connectivity index (χ0) is 22.5. The number of aryl methyl sites for hydroxylation is 1. The van der Waals surface area contributed by atoms with Gasteiger partial charge < -0.3 is 15.0 Å². The summed E-state index contributed by atoms with van der Waals surface area (Å²) < 4.78 is 18.8. The van der Waals surface area contributed by atoms with Gasteiger partial charge >= 0.3 is 0 Å². The standard InChI is InChI=1S/C25H26ClFN2O3/c1-16-2-4-17(5-3-16)18-8-9-29(11-18)23(31)24-13-25(14-24,15-24)28-22(30)12-32-19-6-7-20(26)21(27)10-19/h2-7,10,18H,8-9,11-15H2,1H3,(H,28,30). The average Bonchev–Trinajstić information content (AvgIpc) is 3.21. The van der Waals surface area contributed by atoms with Gasteiger partial charge in [-0.05, 0) is 50.3 Å². The van der Waals surface area contributed by atoms with E-state index in [2.05, 4.69) is 36.5 Å². The van der Waals surface area contributed by atoms with Crippen LogP contribution in [0.3, 0.4) is 0 Å². The van der Waals surface area contributed by atoms with Crippen LogP contribution in [0.2, 0.25) is 5.02 Å². The number of carbonyl (C=O) groups is 2. The molecule has 1 N–H and O–H groups in total. The van der Waals surface area contributed by atoms with E-state index in [0.29, 0.717) is 25.2 Å². The van der Waals surface area contributed by atoms with Crippen molar-refractivity contribution in [1.82, 2.24) is 10.2 Å². The van der Waals surface area contributed by atoms with E-state index in [-0.39, 0.29) is 40.1 Å². The Hall–Kier alpha value is -2.60. The van der Waals surface area contributed by atoms with Gasteiger partial charge in [0.25, 0.3) is 5.91 Å². The van der Waals surface area contributed by atoms with Crippen molar-refractivity contribution in [3.63, 3.8) is 0 Å². The van der Waals surface area contributed by atoms with Crippen LogP contribution in [0.4, 0.5) is 4.39 Å². The van der Waals surface area contributed by atoms with Crippen LogP contribution >= 0.6 is 11.6 Å². The van der Waals surface area contributed by atoms with Gasteiger partial charge in [-0.25, -0.2) is 4.39 Å². The van der Waals surface area contributed by atoms with E-state index in [4.69, 9.17) is 16.3 Å². The molecule has 3 aliphatic carbocycles. The number of ether oxygens (including phenoxy) is 1. The molecule has 5 nitrogen and oxygen atoms in total. The average molecular weight is 457 g/mol. The van der Waals surface area contributed by atoms with Crippen molar-refractivity contribution in [2.24, 2.45) is 5.41 Å². The minimum atomic E-state index is -0.587. The summed E-state index contributed by atoms with van der Waals surface area (Å²) in [5.74, 6) is 0.0349. The highest BCUT2D eigenvalue weighted by molar-refractivity contribution is 6.30. The Labute approximate surface area is 191 Å². The zero-order valence-corrected chi connectivity index (χ0v) is 18.8. The van der Waals surface area contributed by atoms with Crippen molar-refractivity contribution in [2.75, 3.05) is 19.7 Å². The second-order valence-corrected chi connectivity index (χ2v) is 10.1. The maximum absolute atomic E-state index is 13.5. The number of nitrogens with one attached hydrogen (secondary N) is 1. The monoisotopic (exact) mass is 456 g/mol. The Morgan fingerprint density at radius 3 is 2.59 bits per heavy atom. The molecule has 4 fully saturated rings. The highest BCUT2D eigenvalue weighted by Gasteiger charge is 2.72. The van der Waals surface area contributed by atoms with Crippen molar-refractivity contribution in [1.29, 1.82) is 0 Å². The first-order chi connectivity index (χ1) is 15.3. The number of benzene rings is 2. The van der Waals surface area contributed by atoms with Crippen LogP contribution in [-0.2, 0) is 9.59 Å². The maximum atomic E-state index is 13.5. The molecule has 0 radical (unpaired) electrons. The lowest BCUT2D eigenvalue weighted by Gasteiger charge is -2.69. The molecule has 168 valence electrons. The summed E-state index contributed by atoms with van der Waals surface area (Å²) in [6.07, 6.45) is 3.05. The van der Waals surface area contributed by atoms with E-state index < -0.39 is 5.82 Å². The third kappa shape index (κ3) is 3.75. The molecule has 1 atom stereocenters. The quantitative estimate of drug-likeness (QED) is 0.708. The van der Waals surface area contributed by atoms with Gasteiger partial charge in [-0.1, -0.05) is 41.4 Å². The van der Waals surface area contributed by atoms with Gasteiger partial charge in [-0.3, -0.25) is 9.59 Å². The molecule has 4 aliphatic rings. The molecule has 1 aliphatic heterocycles. The fourth-order valence-corrected chi connectivity index (χ4v) is 5.70. The summed E-state index contributed by atoms with van der Waals surface area (Å²) in [6.45, 7) is 3.45. The molecule has 3 saturated carbocycles. The number of likely N-dealkylation sites (tertiary alicyclic amines) is 1. The van der Waals surface area contributed by atoms with Crippen LogP contribution in [0.1, 0.15) is 42.7 Å². The van der Waals surface area contributed by atoms with E-state index in [9.17, 15) is 14.0 Å². The summed E-state index contributed by atoms with van der Waals surface area (Å²) in [7, 11) is 0. The Morgan fingerprint density at radius 1 is 1.19 bits per heavy atom. The van der Waals surface area contributed by atoms with Crippen LogP contribution < -0.4 is 10.1 Å². The fraction of sp³-hybridized carbons (Fsp3) is 0.440. The summed E-state index contributed by atoms with van der Waals surface area (Å²) in [4.78, 5) is 27.5.